The van der Waals surface area contributed by atoms with Gasteiger partial charge in [-0.25, -0.2) is 0 Å². The van der Waals surface area contributed by atoms with Crippen LogP contribution in [0.4, 0.5) is 0 Å². The first-order valence-corrected chi connectivity index (χ1v) is 9.98. The van der Waals surface area contributed by atoms with Crippen molar-refractivity contribution in [2.24, 2.45) is 17.8 Å². The summed E-state index contributed by atoms with van der Waals surface area (Å²) >= 11 is 0. The maximum absolute atomic E-state index is 13.2. The van der Waals surface area contributed by atoms with E-state index >= 15 is 0 Å². The molecule has 128 valence electrons. The highest BCUT2D eigenvalue weighted by atomic mass is 31.2. The highest BCUT2D eigenvalue weighted by molar-refractivity contribution is 7.55. The third kappa shape index (κ3) is 3.27. The average molecular weight is 332 g/mol. The zero-order valence-corrected chi connectivity index (χ0v) is 15.2. The fraction of sp³-hybridized carbons (Fsp3) is 0.938. The molecule has 22 heavy (non-hydrogen) atoms. The van der Waals surface area contributed by atoms with E-state index in [4.69, 9.17) is 13.8 Å². The van der Waals surface area contributed by atoms with Crippen LogP contribution in [0, 0.1) is 17.8 Å². The Hall–Kier alpha value is -0.380. The van der Waals surface area contributed by atoms with Gasteiger partial charge in [-0.1, -0.05) is 13.3 Å². The molecule has 6 heteroatoms. The topological polar surface area (TPSA) is 61.8 Å². The molecule has 0 spiro atoms. The zero-order valence-electron chi connectivity index (χ0n) is 14.3. The number of rotatable bonds is 5. The predicted octanol–water partition coefficient (Wildman–Crippen LogP) is 4.01. The van der Waals surface area contributed by atoms with E-state index in [0.29, 0.717) is 5.92 Å². The third-order valence-corrected chi connectivity index (χ3v) is 7.54. The first-order chi connectivity index (χ1) is 10.2. The fourth-order valence-electron chi connectivity index (χ4n) is 4.13. The molecule has 0 aromatic rings. The number of hydrogen-bond acceptors (Lipinski definition) is 5. The number of ether oxygens (including phenoxy) is 1. The minimum atomic E-state index is -3.50. The molecule has 0 aromatic heterocycles. The standard InChI is InChI=1S/C16H29O5P/c1-6-19-22(18,20-7-2)14-12-10-11(3)8-9-13(12)16(4,5)21-15(14)17/h11-14H,6-10H2,1-5H3/t11-,12-,13-,14?/m0/s1. The molecule has 1 unspecified atom stereocenters. The lowest BCUT2D eigenvalue weighted by Crippen LogP contribution is -2.55. The molecule has 4 atom stereocenters. The number of hydrogen-bond donors (Lipinski definition) is 0. The number of carbonyl (C=O) groups is 1. The molecular formula is C16H29O5P. The summed E-state index contributed by atoms with van der Waals surface area (Å²) < 4.78 is 29.8. The van der Waals surface area contributed by atoms with Crippen LogP contribution < -0.4 is 0 Å². The first kappa shape index (κ1) is 18.0. The molecule has 2 fully saturated rings. The lowest BCUT2D eigenvalue weighted by Gasteiger charge is -2.50. The molecule has 0 radical (unpaired) electrons. The van der Waals surface area contributed by atoms with Gasteiger partial charge < -0.3 is 13.8 Å². The van der Waals surface area contributed by atoms with Gasteiger partial charge in [0.05, 0.1) is 13.2 Å². The van der Waals surface area contributed by atoms with Crippen molar-refractivity contribution < 1.29 is 23.1 Å². The number of carbonyl (C=O) groups excluding carboxylic acids is 1. The van der Waals surface area contributed by atoms with Gasteiger partial charge in [-0.15, -0.1) is 0 Å². The van der Waals surface area contributed by atoms with Crippen molar-refractivity contribution in [2.75, 3.05) is 13.2 Å². The van der Waals surface area contributed by atoms with Gasteiger partial charge in [0.15, 0.2) is 5.66 Å². The largest absolute Gasteiger partial charge is 0.459 e. The normalized spacial score (nSPS) is 34.9. The van der Waals surface area contributed by atoms with Crippen LogP contribution in [0.3, 0.4) is 0 Å². The molecule has 2 aliphatic rings. The van der Waals surface area contributed by atoms with E-state index in [1.165, 1.54) is 0 Å². The Kier molecular flexibility index (Phi) is 5.41. The van der Waals surface area contributed by atoms with E-state index in [1.54, 1.807) is 13.8 Å². The zero-order chi connectivity index (χ0) is 16.5. The Labute approximate surface area is 133 Å². The molecule has 1 aliphatic heterocycles. The second kappa shape index (κ2) is 6.62. The summed E-state index contributed by atoms with van der Waals surface area (Å²) in [4.78, 5) is 12.6. The molecule has 1 saturated heterocycles. The molecule has 1 saturated carbocycles. The van der Waals surface area contributed by atoms with Crippen molar-refractivity contribution in [3.63, 3.8) is 0 Å². The van der Waals surface area contributed by atoms with Crippen molar-refractivity contribution in [1.82, 2.24) is 0 Å². The average Bonchev–Trinajstić information content (AvgIpc) is 2.37. The van der Waals surface area contributed by atoms with E-state index in [0.717, 1.165) is 19.3 Å². The van der Waals surface area contributed by atoms with E-state index in [-0.39, 0.29) is 25.0 Å². The van der Waals surface area contributed by atoms with Crippen LogP contribution in [0.1, 0.15) is 53.9 Å². The van der Waals surface area contributed by atoms with Crippen molar-refractivity contribution in [3.8, 4) is 0 Å². The summed E-state index contributed by atoms with van der Waals surface area (Å²) in [6.07, 6.45) is 2.97. The van der Waals surface area contributed by atoms with Gasteiger partial charge in [-0.2, -0.15) is 0 Å². The quantitative estimate of drug-likeness (QED) is 0.562. The number of cyclic esters (lactones) is 1. The summed E-state index contributed by atoms with van der Waals surface area (Å²) in [5.41, 5.74) is -1.30. The van der Waals surface area contributed by atoms with Crippen molar-refractivity contribution in [3.05, 3.63) is 0 Å². The van der Waals surface area contributed by atoms with Crippen LogP contribution in [-0.4, -0.2) is 30.4 Å². The molecule has 0 amide bonds. The smallest absolute Gasteiger partial charge is 0.345 e. The molecule has 0 N–H and O–H groups in total. The lowest BCUT2D eigenvalue weighted by atomic mass is 9.65. The monoisotopic (exact) mass is 332 g/mol. The molecule has 1 aliphatic carbocycles. The van der Waals surface area contributed by atoms with E-state index in [9.17, 15) is 9.36 Å². The predicted molar refractivity (Wildman–Crippen MR) is 84.8 cm³/mol. The van der Waals surface area contributed by atoms with Crippen LogP contribution >= 0.6 is 7.60 Å². The van der Waals surface area contributed by atoms with Gasteiger partial charge in [0.25, 0.3) is 0 Å². The van der Waals surface area contributed by atoms with Crippen molar-refractivity contribution in [1.29, 1.82) is 0 Å². The van der Waals surface area contributed by atoms with Crippen LogP contribution in [0.15, 0.2) is 0 Å². The van der Waals surface area contributed by atoms with Gasteiger partial charge in [-0.3, -0.25) is 9.36 Å². The summed E-state index contributed by atoms with van der Waals surface area (Å²) in [6.45, 7) is 10.2. The van der Waals surface area contributed by atoms with Crippen LogP contribution in [-0.2, 0) is 23.1 Å². The Morgan fingerprint density at radius 2 is 1.82 bits per heavy atom. The molecule has 2 rings (SSSR count). The Morgan fingerprint density at radius 3 is 2.36 bits per heavy atom. The Morgan fingerprint density at radius 1 is 1.23 bits per heavy atom. The van der Waals surface area contributed by atoms with Gasteiger partial charge in [0, 0.05) is 5.92 Å². The second-order valence-corrected chi connectivity index (χ2v) is 9.19. The lowest BCUT2D eigenvalue weighted by molar-refractivity contribution is -0.181. The summed E-state index contributed by atoms with van der Waals surface area (Å²) in [5.74, 6) is 0.303. The molecule has 1 heterocycles. The van der Waals surface area contributed by atoms with E-state index in [2.05, 4.69) is 6.92 Å². The van der Waals surface area contributed by atoms with Crippen molar-refractivity contribution in [2.45, 2.75) is 65.1 Å². The molecule has 0 bridgehead atoms. The molecule has 0 aromatic carbocycles. The minimum Gasteiger partial charge on any atom is -0.459 e. The first-order valence-electron chi connectivity index (χ1n) is 8.36. The van der Waals surface area contributed by atoms with Gasteiger partial charge in [-0.05, 0) is 52.4 Å². The van der Waals surface area contributed by atoms with E-state index < -0.39 is 24.8 Å². The number of esters is 1. The van der Waals surface area contributed by atoms with Gasteiger partial charge >= 0.3 is 13.6 Å². The van der Waals surface area contributed by atoms with E-state index in [1.807, 2.05) is 13.8 Å². The maximum atomic E-state index is 13.2. The maximum Gasteiger partial charge on any atom is 0.345 e. The van der Waals surface area contributed by atoms with Gasteiger partial charge in [0.1, 0.15) is 5.60 Å². The fourth-order valence-corrected chi connectivity index (χ4v) is 6.35. The van der Waals surface area contributed by atoms with Crippen LogP contribution in [0.25, 0.3) is 0 Å². The minimum absolute atomic E-state index is 0.00364. The highest BCUT2D eigenvalue weighted by Crippen LogP contribution is 2.62. The third-order valence-electron chi connectivity index (χ3n) is 5.02. The Balaban J connectivity index is 2.39. The summed E-state index contributed by atoms with van der Waals surface area (Å²) in [7, 11) is -3.50. The molecule has 5 nitrogen and oxygen atoms in total. The SMILES string of the molecule is CCOP(=O)(OCC)C1C(=O)OC(C)(C)[C@H]2CC[C@H](C)C[C@H]12. The van der Waals surface area contributed by atoms with Crippen LogP contribution in [0.5, 0.6) is 0 Å². The summed E-state index contributed by atoms with van der Waals surface area (Å²) in [6, 6.07) is 0. The highest BCUT2D eigenvalue weighted by Gasteiger charge is 2.58. The Bertz CT molecular complexity index is 451. The number of fused-ring (bicyclic) bond motifs is 1. The van der Waals surface area contributed by atoms with Gasteiger partial charge in [0.2, 0.25) is 0 Å². The molecular weight excluding hydrogens is 303 g/mol. The second-order valence-electron chi connectivity index (χ2n) is 7.03. The van der Waals surface area contributed by atoms with Crippen molar-refractivity contribution >= 4 is 13.6 Å². The summed E-state index contributed by atoms with van der Waals surface area (Å²) in [5, 5.41) is 0. The van der Waals surface area contributed by atoms with Crippen LogP contribution in [0.2, 0.25) is 0 Å².